The van der Waals surface area contributed by atoms with Crippen LogP contribution in [0.2, 0.25) is 10.0 Å². The van der Waals surface area contributed by atoms with Crippen LogP contribution in [-0.4, -0.2) is 80.7 Å². The summed E-state index contributed by atoms with van der Waals surface area (Å²) in [6.45, 7) is 15.2. The Hall–Kier alpha value is -1.70. The molecule has 1 amide bonds. The minimum absolute atomic E-state index is 0. The predicted octanol–water partition coefficient (Wildman–Crippen LogP) is 5.40. The normalized spacial score (nSPS) is 17.3. The molecule has 0 saturated carbocycles. The summed E-state index contributed by atoms with van der Waals surface area (Å²) in [7, 11) is 0. The van der Waals surface area contributed by atoms with E-state index in [1.54, 1.807) is 0 Å². The van der Waals surface area contributed by atoms with Gasteiger partial charge in [0.2, 0.25) is 5.91 Å². The molecule has 2 fully saturated rings. The number of hydrogen-bond acceptors (Lipinski definition) is 5. The highest BCUT2D eigenvalue weighted by Crippen LogP contribution is 2.33. The second-order valence-corrected chi connectivity index (χ2v) is 10.6. The first-order chi connectivity index (χ1) is 16.8. The molecule has 2 aliphatic rings. The minimum atomic E-state index is 0. The van der Waals surface area contributed by atoms with Crippen LogP contribution >= 0.6 is 35.6 Å². The van der Waals surface area contributed by atoms with Crippen LogP contribution in [-0.2, 0) is 4.79 Å². The molecule has 0 aromatic heterocycles. The standard InChI is InChI=1S/C27H37Cl2N5O.ClH/c1-20(2)32-15-17-33(18-16-32)24-8-7-22(19-21(24)3)30-26(35)9-10-31-11-13-34(14-12-31)25-6-4-5-23(28)27(25)29;/h4-8,19-20H,9-18H2,1-3H3,(H,30,35);1H. The maximum absolute atomic E-state index is 12.6. The van der Waals surface area contributed by atoms with E-state index in [-0.39, 0.29) is 18.3 Å². The van der Waals surface area contributed by atoms with Crippen LogP contribution in [0.5, 0.6) is 0 Å². The van der Waals surface area contributed by atoms with Gasteiger partial charge in [0, 0.05) is 82.7 Å². The fourth-order valence-corrected chi connectivity index (χ4v) is 5.41. The molecule has 0 unspecified atom stereocenters. The first kappa shape index (κ1) is 28.9. The number of nitrogens with zero attached hydrogens (tertiary/aromatic N) is 4. The van der Waals surface area contributed by atoms with Gasteiger partial charge >= 0.3 is 0 Å². The van der Waals surface area contributed by atoms with Gasteiger partial charge in [0.1, 0.15) is 0 Å². The fraction of sp³-hybridized carbons (Fsp3) is 0.519. The molecule has 0 aliphatic carbocycles. The number of piperazine rings is 2. The molecule has 2 saturated heterocycles. The van der Waals surface area contributed by atoms with E-state index in [4.69, 9.17) is 23.2 Å². The second kappa shape index (κ2) is 13.2. The Kier molecular flexibility index (Phi) is 10.6. The number of carbonyl (C=O) groups is 1. The number of anilines is 3. The lowest BCUT2D eigenvalue weighted by Gasteiger charge is -2.38. The van der Waals surface area contributed by atoms with Crippen molar-refractivity contribution in [3.63, 3.8) is 0 Å². The van der Waals surface area contributed by atoms with E-state index in [0.29, 0.717) is 22.5 Å². The van der Waals surface area contributed by atoms with E-state index in [1.165, 1.54) is 11.3 Å². The molecule has 0 radical (unpaired) electrons. The average molecular weight is 555 g/mol. The molecule has 0 spiro atoms. The molecule has 0 atom stereocenters. The van der Waals surface area contributed by atoms with Crippen molar-refractivity contribution in [3.8, 4) is 0 Å². The summed E-state index contributed by atoms with van der Waals surface area (Å²) in [5, 5.41) is 4.28. The van der Waals surface area contributed by atoms with Crippen LogP contribution in [0.4, 0.5) is 17.1 Å². The van der Waals surface area contributed by atoms with Gasteiger partial charge < -0.3 is 15.1 Å². The number of benzene rings is 2. The maximum Gasteiger partial charge on any atom is 0.225 e. The summed E-state index contributed by atoms with van der Waals surface area (Å²) in [6.07, 6.45) is 0.482. The summed E-state index contributed by atoms with van der Waals surface area (Å²) in [5.41, 5.74) is 4.33. The molecule has 4 rings (SSSR count). The van der Waals surface area contributed by atoms with Gasteiger partial charge in [0.05, 0.1) is 15.7 Å². The van der Waals surface area contributed by atoms with E-state index in [0.717, 1.165) is 70.3 Å². The third-order valence-electron chi connectivity index (χ3n) is 7.17. The zero-order valence-electron chi connectivity index (χ0n) is 21.5. The van der Waals surface area contributed by atoms with E-state index in [9.17, 15) is 4.79 Å². The van der Waals surface area contributed by atoms with Crippen molar-refractivity contribution in [2.45, 2.75) is 33.2 Å². The summed E-state index contributed by atoms with van der Waals surface area (Å²) < 4.78 is 0. The molecular weight excluding hydrogens is 517 g/mol. The highest BCUT2D eigenvalue weighted by Gasteiger charge is 2.22. The van der Waals surface area contributed by atoms with Gasteiger partial charge in [0.15, 0.2) is 0 Å². The Morgan fingerprint density at radius 2 is 1.56 bits per heavy atom. The Balaban J connectivity index is 0.00000361. The average Bonchev–Trinajstić information content (AvgIpc) is 2.85. The van der Waals surface area contributed by atoms with E-state index < -0.39 is 0 Å². The number of aryl methyl sites for hydroxylation is 1. The van der Waals surface area contributed by atoms with Gasteiger partial charge in [-0.05, 0) is 56.7 Å². The summed E-state index contributed by atoms with van der Waals surface area (Å²) >= 11 is 12.5. The van der Waals surface area contributed by atoms with Crippen molar-refractivity contribution < 1.29 is 4.79 Å². The predicted molar refractivity (Wildman–Crippen MR) is 156 cm³/mol. The van der Waals surface area contributed by atoms with Crippen molar-refractivity contribution in [3.05, 3.63) is 52.0 Å². The molecule has 6 nitrogen and oxygen atoms in total. The van der Waals surface area contributed by atoms with Gasteiger partial charge in [-0.3, -0.25) is 14.6 Å². The Morgan fingerprint density at radius 1 is 0.917 bits per heavy atom. The van der Waals surface area contributed by atoms with Gasteiger partial charge in [0.25, 0.3) is 0 Å². The van der Waals surface area contributed by atoms with E-state index >= 15 is 0 Å². The molecule has 2 aromatic carbocycles. The third kappa shape index (κ3) is 7.20. The third-order valence-corrected chi connectivity index (χ3v) is 7.97. The SMILES string of the molecule is Cc1cc(NC(=O)CCN2CCN(c3cccc(Cl)c3Cl)CC2)ccc1N1CCN(C(C)C)CC1.Cl. The van der Waals surface area contributed by atoms with Crippen LogP contribution in [0.15, 0.2) is 36.4 Å². The van der Waals surface area contributed by atoms with Crippen molar-refractivity contribution in [1.29, 1.82) is 0 Å². The number of halogens is 3. The lowest BCUT2D eigenvalue weighted by atomic mass is 10.1. The molecule has 9 heteroatoms. The number of hydrogen-bond donors (Lipinski definition) is 1. The van der Waals surface area contributed by atoms with Crippen molar-refractivity contribution >= 4 is 58.6 Å². The Labute approximate surface area is 231 Å². The molecule has 1 N–H and O–H groups in total. The van der Waals surface area contributed by atoms with E-state index in [2.05, 4.69) is 57.8 Å². The molecular formula is C27H38Cl3N5O. The topological polar surface area (TPSA) is 42.1 Å². The van der Waals surface area contributed by atoms with Gasteiger partial charge in [-0.2, -0.15) is 0 Å². The van der Waals surface area contributed by atoms with Crippen LogP contribution in [0.1, 0.15) is 25.8 Å². The van der Waals surface area contributed by atoms with Crippen LogP contribution in [0.3, 0.4) is 0 Å². The largest absolute Gasteiger partial charge is 0.369 e. The van der Waals surface area contributed by atoms with Crippen molar-refractivity contribution in [2.24, 2.45) is 0 Å². The first-order valence-electron chi connectivity index (χ1n) is 12.6. The summed E-state index contributed by atoms with van der Waals surface area (Å²) in [6, 6.07) is 12.6. The maximum atomic E-state index is 12.6. The van der Waals surface area contributed by atoms with Gasteiger partial charge in [-0.1, -0.05) is 29.3 Å². The van der Waals surface area contributed by atoms with E-state index in [1.807, 2.05) is 24.3 Å². The number of rotatable bonds is 7. The highest BCUT2D eigenvalue weighted by atomic mass is 35.5. The van der Waals surface area contributed by atoms with Crippen molar-refractivity contribution in [2.75, 3.05) is 74.0 Å². The zero-order chi connectivity index (χ0) is 24.9. The first-order valence-corrected chi connectivity index (χ1v) is 13.4. The van der Waals surface area contributed by atoms with Crippen LogP contribution < -0.4 is 15.1 Å². The quantitative estimate of drug-likeness (QED) is 0.496. The molecule has 36 heavy (non-hydrogen) atoms. The summed E-state index contributed by atoms with van der Waals surface area (Å²) in [4.78, 5) is 22.2. The Bertz CT molecular complexity index is 1020. The Morgan fingerprint density at radius 3 is 2.19 bits per heavy atom. The lowest BCUT2D eigenvalue weighted by Crippen LogP contribution is -2.49. The highest BCUT2D eigenvalue weighted by molar-refractivity contribution is 6.43. The molecule has 2 aliphatic heterocycles. The van der Waals surface area contributed by atoms with Crippen molar-refractivity contribution in [1.82, 2.24) is 9.80 Å². The van der Waals surface area contributed by atoms with Crippen LogP contribution in [0, 0.1) is 6.92 Å². The number of nitrogens with one attached hydrogen (secondary N) is 1. The minimum Gasteiger partial charge on any atom is -0.369 e. The second-order valence-electron chi connectivity index (χ2n) is 9.82. The monoisotopic (exact) mass is 553 g/mol. The molecule has 2 heterocycles. The van der Waals surface area contributed by atoms with Gasteiger partial charge in [-0.15, -0.1) is 12.4 Å². The molecule has 198 valence electrons. The smallest absolute Gasteiger partial charge is 0.225 e. The lowest BCUT2D eigenvalue weighted by molar-refractivity contribution is -0.116. The van der Waals surface area contributed by atoms with Gasteiger partial charge in [-0.25, -0.2) is 0 Å². The summed E-state index contributed by atoms with van der Waals surface area (Å²) in [5.74, 6) is 0.0583. The number of amides is 1. The fourth-order valence-electron chi connectivity index (χ4n) is 5.00. The molecule has 0 bridgehead atoms. The van der Waals surface area contributed by atoms with Crippen LogP contribution in [0.25, 0.3) is 0 Å². The zero-order valence-corrected chi connectivity index (χ0v) is 23.8. The molecule has 2 aromatic rings. The number of carbonyl (C=O) groups excluding carboxylic acids is 1.